The second kappa shape index (κ2) is 6.71. The fourth-order valence-corrected chi connectivity index (χ4v) is 3.74. The highest BCUT2D eigenvalue weighted by Crippen LogP contribution is 2.34. The van der Waals surface area contributed by atoms with Crippen LogP contribution < -0.4 is 4.90 Å². The van der Waals surface area contributed by atoms with Gasteiger partial charge in [-0.3, -0.25) is 9.59 Å². The van der Waals surface area contributed by atoms with Crippen molar-refractivity contribution in [3.63, 3.8) is 0 Å². The number of hydrogen-bond donors (Lipinski definition) is 0. The first-order chi connectivity index (χ1) is 10.6. The SMILES string of the molecule is C[C@@H]1CN(C(=O)CCC(=O)N2CCSc3ccccc32)CO1. The van der Waals surface area contributed by atoms with Gasteiger partial charge < -0.3 is 14.5 Å². The Morgan fingerprint density at radius 1 is 1.27 bits per heavy atom. The molecule has 1 aromatic rings. The molecule has 5 nitrogen and oxygen atoms in total. The average Bonchev–Trinajstić information content (AvgIpc) is 2.98. The quantitative estimate of drug-likeness (QED) is 0.856. The number of carbonyl (C=O) groups excluding carboxylic acids is 2. The van der Waals surface area contributed by atoms with E-state index < -0.39 is 0 Å². The predicted molar refractivity (Wildman–Crippen MR) is 85.9 cm³/mol. The summed E-state index contributed by atoms with van der Waals surface area (Å²) in [4.78, 5) is 29.2. The van der Waals surface area contributed by atoms with Crippen LogP contribution in [0.1, 0.15) is 19.8 Å². The minimum absolute atomic E-state index is 0.00244. The number of ether oxygens (including phenoxy) is 1. The van der Waals surface area contributed by atoms with Crippen molar-refractivity contribution in [3.05, 3.63) is 24.3 Å². The van der Waals surface area contributed by atoms with E-state index in [4.69, 9.17) is 4.74 Å². The zero-order chi connectivity index (χ0) is 15.5. The van der Waals surface area contributed by atoms with Gasteiger partial charge in [-0.1, -0.05) is 12.1 Å². The summed E-state index contributed by atoms with van der Waals surface area (Å²) in [6.45, 7) is 3.62. The molecule has 2 amide bonds. The Bertz CT molecular complexity index is 578. The Balaban J connectivity index is 1.58. The zero-order valence-electron chi connectivity index (χ0n) is 12.7. The van der Waals surface area contributed by atoms with Crippen molar-refractivity contribution in [1.29, 1.82) is 0 Å². The Morgan fingerprint density at radius 3 is 2.82 bits per heavy atom. The molecular formula is C16H20N2O3S. The van der Waals surface area contributed by atoms with Gasteiger partial charge in [0.1, 0.15) is 6.73 Å². The monoisotopic (exact) mass is 320 g/mol. The second-order valence-corrected chi connectivity index (χ2v) is 6.72. The first-order valence-electron chi connectivity index (χ1n) is 7.56. The molecule has 2 aliphatic heterocycles. The average molecular weight is 320 g/mol. The summed E-state index contributed by atoms with van der Waals surface area (Å²) in [7, 11) is 0. The van der Waals surface area contributed by atoms with Crippen molar-refractivity contribution in [2.75, 3.05) is 30.5 Å². The number of thioether (sulfide) groups is 1. The number of hydrogen-bond acceptors (Lipinski definition) is 4. The molecule has 2 aliphatic rings. The van der Waals surface area contributed by atoms with Crippen molar-refractivity contribution in [2.45, 2.75) is 30.8 Å². The Labute approximate surface area is 134 Å². The van der Waals surface area contributed by atoms with Gasteiger partial charge >= 0.3 is 0 Å². The van der Waals surface area contributed by atoms with Crippen LogP contribution in [0, 0.1) is 0 Å². The maximum Gasteiger partial charge on any atom is 0.227 e. The van der Waals surface area contributed by atoms with E-state index in [0.717, 1.165) is 16.3 Å². The molecule has 1 atom stereocenters. The minimum Gasteiger partial charge on any atom is -0.356 e. The normalized spacial score (nSPS) is 20.9. The summed E-state index contributed by atoms with van der Waals surface area (Å²) < 4.78 is 5.36. The fraction of sp³-hybridized carbons (Fsp3) is 0.500. The molecule has 6 heteroatoms. The molecule has 1 saturated heterocycles. The number of nitrogens with zero attached hydrogens (tertiary/aromatic N) is 2. The highest BCUT2D eigenvalue weighted by molar-refractivity contribution is 7.99. The molecule has 0 unspecified atom stereocenters. The van der Waals surface area contributed by atoms with Crippen LogP contribution in [0.2, 0.25) is 0 Å². The van der Waals surface area contributed by atoms with E-state index in [2.05, 4.69) is 0 Å². The molecule has 0 bridgehead atoms. The van der Waals surface area contributed by atoms with E-state index in [1.807, 2.05) is 36.1 Å². The minimum atomic E-state index is -0.00244. The Kier molecular flexibility index (Phi) is 4.69. The third kappa shape index (κ3) is 3.28. The summed E-state index contributed by atoms with van der Waals surface area (Å²) in [6, 6.07) is 7.93. The maximum atomic E-state index is 12.5. The van der Waals surface area contributed by atoms with E-state index in [1.165, 1.54) is 0 Å². The third-order valence-corrected chi connectivity index (χ3v) is 4.97. The van der Waals surface area contributed by atoms with Crippen LogP contribution in [0.3, 0.4) is 0 Å². The first-order valence-corrected chi connectivity index (χ1v) is 8.55. The molecule has 0 aliphatic carbocycles. The van der Waals surface area contributed by atoms with Crippen molar-refractivity contribution in [1.82, 2.24) is 4.90 Å². The van der Waals surface area contributed by atoms with Gasteiger partial charge in [0.15, 0.2) is 0 Å². The van der Waals surface area contributed by atoms with Gasteiger partial charge in [-0.05, 0) is 19.1 Å². The number of benzene rings is 1. The molecule has 0 aromatic heterocycles. The Morgan fingerprint density at radius 2 is 2.05 bits per heavy atom. The van der Waals surface area contributed by atoms with Crippen LogP contribution in [0.25, 0.3) is 0 Å². The summed E-state index contributed by atoms with van der Waals surface area (Å²) in [5, 5.41) is 0. The van der Waals surface area contributed by atoms with Gasteiger partial charge in [0.2, 0.25) is 11.8 Å². The van der Waals surface area contributed by atoms with Crippen molar-refractivity contribution in [3.8, 4) is 0 Å². The van der Waals surface area contributed by atoms with Gasteiger partial charge in [0.05, 0.1) is 11.8 Å². The second-order valence-electron chi connectivity index (χ2n) is 5.58. The molecule has 1 fully saturated rings. The standard InChI is InChI=1S/C16H20N2O3S/c1-12-10-17(11-21-12)15(19)6-7-16(20)18-8-9-22-14-5-3-2-4-13(14)18/h2-5,12H,6-11H2,1H3/t12-/m1/s1. The molecule has 0 saturated carbocycles. The van der Waals surface area contributed by atoms with Gasteiger partial charge in [-0.25, -0.2) is 0 Å². The van der Waals surface area contributed by atoms with Gasteiger partial charge in [-0.2, -0.15) is 0 Å². The van der Waals surface area contributed by atoms with Crippen molar-refractivity contribution in [2.24, 2.45) is 0 Å². The molecule has 1 aromatic carbocycles. The topological polar surface area (TPSA) is 49.9 Å². The third-order valence-electron chi connectivity index (χ3n) is 3.93. The molecule has 2 heterocycles. The van der Waals surface area contributed by atoms with Crippen LogP contribution in [-0.2, 0) is 14.3 Å². The smallest absolute Gasteiger partial charge is 0.227 e. The largest absolute Gasteiger partial charge is 0.356 e. The van der Waals surface area contributed by atoms with Crippen LogP contribution in [0.4, 0.5) is 5.69 Å². The molecule has 0 spiro atoms. The Hall–Kier alpha value is -1.53. The molecule has 22 heavy (non-hydrogen) atoms. The highest BCUT2D eigenvalue weighted by atomic mass is 32.2. The number of amides is 2. The van der Waals surface area contributed by atoms with Crippen LogP contribution in [0.15, 0.2) is 29.2 Å². The number of anilines is 1. The molecular weight excluding hydrogens is 300 g/mol. The number of carbonyl (C=O) groups is 2. The first kappa shape index (κ1) is 15.4. The van der Waals surface area contributed by atoms with E-state index in [9.17, 15) is 9.59 Å². The summed E-state index contributed by atoms with van der Waals surface area (Å²) >= 11 is 1.77. The van der Waals surface area contributed by atoms with Crippen LogP contribution in [-0.4, -0.2) is 48.4 Å². The number of rotatable bonds is 3. The lowest BCUT2D eigenvalue weighted by Gasteiger charge is -2.29. The fourth-order valence-electron chi connectivity index (χ4n) is 2.74. The molecule has 0 N–H and O–H groups in total. The van der Waals surface area contributed by atoms with Crippen molar-refractivity contribution >= 4 is 29.3 Å². The zero-order valence-corrected chi connectivity index (χ0v) is 13.5. The number of fused-ring (bicyclic) bond motifs is 1. The van der Waals surface area contributed by atoms with Crippen LogP contribution in [0.5, 0.6) is 0 Å². The predicted octanol–water partition coefficient (Wildman–Crippen LogP) is 2.11. The lowest BCUT2D eigenvalue weighted by Crippen LogP contribution is -2.36. The molecule has 0 radical (unpaired) electrons. The lowest BCUT2D eigenvalue weighted by molar-refractivity contribution is -0.133. The van der Waals surface area contributed by atoms with E-state index in [0.29, 0.717) is 19.8 Å². The highest BCUT2D eigenvalue weighted by Gasteiger charge is 2.26. The van der Waals surface area contributed by atoms with E-state index in [-0.39, 0.29) is 30.8 Å². The maximum absolute atomic E-state index is 12.5. The van der Waals surface area contributed by atoms with Crippen LogP contribution >= 0.6 is 11.8 Å². The molecule has 118 valence electrons. The summed E-state index contributed by atoms with van der Waals surface area (Å²) in [6.07, 6.45) is 0.592. The van der Waals surface area contributed by atoms with Gasteiger partial charge in [-0.15, -0.1) is 11.8 Å². The number of para-hydroxylation sites is 1. The van der Waals surface area contributed by atoms with Gasteiger partial charge in [0, 0.05) is 36.6 Å². The van der Waals surface area contributed by atoms with Crippen molar-refractivity contribution < 1.29 is 14.3 Å². The van der Waals surface area contributed by atoms with Gasteiger partial charge in [0.25, 0.3) is 0 Å². The molecule has 3 rings (SSSR count). The van der Waals surface area contributed by atoms with E-state index >= 15 is 0 Å². The summed E-state index contributed by atoms with van der Waals surface area (Å²) in [5.41, 5.74) is 0.967. The van der Waals surface area contributed by atoms with E-state index in [1.54, 1.807) is 16.7 Å². The lowest BCUT2D eigenvalue weighted by atomic mass is 10.2. The summed E-state index contributed by atoms with van der Waals surface area (Å²) in [5.74, 6) is 0.917.